The third-order valence-electron chi connectivity index (χ3n) is 3.89. The van der Waals surface area contributed by atoms with Crippen LogP contribution in [0.3, 0.4) is 0 Å². The van der Waals surface area contributed by atoms with Gasteiger partial charge in [-0.05, 0) is 25.1 Å². The highest BCUT2D eigenvalue weighted by Gasteiger charge is 2.14. The first kappa shape index (κ1) is 19.2. The van der Waals surface area contributed by atoms with Crippen molar-refractivity contribution in [2.45, 2.75) is 13.3 Å². The molecule has 0 spiro atoms. The summed E-state index contributed by atoms with van der Waals surface area (Å²) in [4.78, 5) is 17.9. The summed E-state index contributed by atoms with van der Waals surface area (Å²) in [5, 5.41) is 6.49. The Balaban J connectivity index is 1.65. The highest BCUT2D eigenvalue weighted by atomic mass is 32.1. The molecule has 1 N–H and O–H groups in total. The Labute approximate surface area is 160 Å². The van der Waals surface area contributed by atoms with Crippen molar-refractivity contribution in [3.05, 3.63) is 40.7 Å². The first-order valence-electron chi connectivity index (χ1n) is 8.67. The number of benzene rings is 1. The van der Waals surface area contributed by atoms with Crippen LogP contribution in [0.2, 0.25) is 0 Å². The van der Waals surface area contributed by atoms with Crippen molar-refractivity contribution in [1.82, 2.24) is 4.98 Å². The molecule has 1 aliphatic rings. The van der Waals surface area contributed by atoms with Crippen molar-refractivity contribution < 1.29 is 18.7 Å². The van der Waals surface area contributed by atoms with E-state index >= 15 is 0 Å². The first-order valence-corrected chi connectivity index (χ1v) is 9.55. The molecule has 0 radical (unpaired) electrons. The van der Waals surface area contributed by atoms with Gasteiger partial charge >= 0.3 is 5.97 Å². The van der Waals surface area contributed by atoms with E-state index in [0.29, 0.717) is 36.2 Å². The number of morpholine rings is 1. The Bertz CT molecular complexity index is 806. The second-order valence-electron chi connectivity index (χ2n) is 5.80. The molecule has 27 heavy (non-hydrogen) atoms. The average Bonchev–Trinajstić information content (AvgIpc) is 3.10. The molecule has 0 atom stereocenters. The highest BCUT2D eigenvalue weighted by molar-refractivity contribution is 7.13. The number of esters is 1. The maximum absolute atomic E-state index is 13.7. The molecule has 2 aromatic rings. The van der Waals surface area contributed by atoms with Crippen molar-refractivity contribution in [2.24, 2.45) is 5.10 Å². The highest BCUT2D eigenvalue weighted by Crippen LogP contribution is 2.22. The number of carbonyl (C=O) groups is 1. The summed E-state index contributed by atoms with van der Waals surface area (Å²) in [6.07, 6.45) is 1.70. The Kier molecular flexibility index (Phi) is 6.72. The molecule has 0 amide bonds. The molecule has 0 unspecified atom stereocenters. The molecule has 7 nitrogen and oxygen atoms in total. The molecule has 0 saturated carbocycles. The number of carbonyl (C=O) groups excluding carboxylic acids is 1. The van der Waals surface area contributed by atoms with Crippen LogP contribution in [0.5, 0.6) is 0 Å². The maximum Gasteiger partial charge on any atom is 0.311 e. The molecular formula is C18H21FN4O3S. The van der Waals surface area contributed by atoms with Crippen molar-refractivity contribution in [3.8, 4) is 0 Å². The lowest BCUT2D eigenvalue weighted by molar-refractivity contribution is -0.142. The number of nitrogens with one attached hydrogen (secondary N) is 1. The summed E-state index contributed by atoms with van der Waals surface area (Å²) in [6, 6.07) is 4.64. The van der Waals surface area contributed by atoms with Crippen molar-refractivity contribution in [3.63, 3.8) is 0 Å². The van der Waals surface area contributed by atoms with Gasteiger partial charge in [-0.2, -0.15) is 5.10 Å². The van der Waals surface area contributed by atoms with Gasteiger partial charge in [0.25, 0.3) is 0 Å². The SMILES string of the molecule is CCOC(=O)Cc1csc(NN=Cc2cc(F)ccc2N2CCOCC2)n1. The molecule has 1 aromatic carbocycles. The van der Waals surface area contributed by atoms with Crippen LogP contribution < -0.4 is 10.3 Å². The van der Waals surface area contributed by atoms with E-state index in [2.05, 4.69) is 20.4 Å². The molecular weight excluding hydrogens is 371 g/mol. The van der Waals surface area contributed by atoms with Gasteiger partial charge < -0.3 is 14.4 Å². The number of nitrogens with zero attached hydrogens (tertiary/aromatic N) is 3. The predicted molar refractivity (Wildman–Crippen MR) is 103 cm³/mol. The maximum atomic E-state index is 13.7. The molecule has 0 bridgehead atoms. The zero-order valence-electron chi connectivity index (χ0n) is 15.0. The number of hydrazone groups is 1. The third kappa shape index (κ3) is 5.48. The molecule has 3 rings (SSSR count). The van der Waals surface area contributed by atoms with E-state index in [-0.39, 0.29) is 18.2 Å². The zero-order chi connectivity index (χ0) is 19.1. The number of anilines is 2. The summed E-state index contributed by atoms with van der Waals surface area (Å²) in [5.74, 6) is -0.632. The Morgan fingerprint density at radius 1 is 1.48 bits per heavy atom. The van der Waals surface area contributed by atoms with Crippen LogP contribution >= 0.6 is 11.3 Å². The molecule has 2 heterocycles. The van der Waals surface area contributed by atoms with Gasteiger partial charge in [0.15, 0.2) is 0 Å². The van der Waals surface area contributed by atoms with Gasteiger partial charge in [-0.1, -0.05) is 0 Å². The Hall–Kier alpha value is -2.52. The lowest BCUT2D eigenvalue weighted by Gasteiger charge is -2.30. The van der Waals surface area contributed by atoms with E-state index in [1.165, 1.54) is 23.5 Å². The largest absolute Gasteiger partial charge is 0.466 e. The van der Waals surface area contributed by atoms with E-state index in [9.17, 15) is 9.18 Å². The van der Waals surface area contributed by atoms with Crippen LogP contribution in [0, 0.1) is 5.82 Å². The minimum atomic E-state index is -0.320. The smallest absolute Gasteiger partial charge is 0.311 e. The quantitative estimate of drug-likeness (QED) is 0.444. The van der Waals surface area contributed by atoms with Crippen LogP contribution in [0.4, 0.5) is 15.2 Å². The van der Waals surface area contributed by atoms with Crippen LogP contribution in [0.25, 0.3) is 0 Å². The van der Waals surface area contributed by atoms with Crippen LogP contribution in [0.1, 0.15) is 18.2 Å². The summed E-state index contributed by atoms with van der Waals surface area (Å²) in [7, 11) is 0. The van der Waals surface area contributed by atoms with Gasteiger partial charge in [0.2, 0.25) is 5.13 Å². The van der Waals surface area contributed by atoms with E-state index in [1.807, 2.05) is 0 Å². The Morgan fingerprint density at radius 2 is 2.30 bits per heavy atom. The van der Waals surface area contributed by atoms with Gasteiger partial charge in [-0.25, -0.2) is 9.37 Å². The van der Waals surface area contributed by atoms with Crippen molar-refractivity contribution in [1.29, 1.82) is 0 Å². The van der Waals surface area contributed by atoms with Crippen molar-refractivity contribution >= 4 is 34.3 Å². The second kappa shape index (κ2) is 9.43. The normalized spacial score (nSPS) is 14.5. The van der Waals surface area contributed by atoms with Crippen LogP contribution in [-0.2, 0) is 20.7 Å². The molecule has 144 valence electrons. The third-order valence-corrected chi connectivity index (χ3v) is 4.68. The van der Waals surface area contributed by atoms with E-state index < -0.39 is 0 Å². The molecule has 1 aromatic heterocycles. The molecule has 0 aliphatic carbocycles. The van der Waals surface area contributed by atoms with Gasteiger partial charge in [-0.3, -0.25) is 10.2 Å². The van der Waals surface area contributed by atoms with Gasteiger partial charge in [0, 0.05) is 29.7 Å². The fraction of sp³-hybridized carbons (Fsp3) is 0.389. The van der Waals surface area contributed by atoms with Crippen molar-refractivity contribution in [2.75, 3.05) is 43.2 Å². The summed E-state index contributed by atoms with van der Waals surface area (Å²) in [6.45, 7) is 4.91. The fourth-order valence-electron chi connectivity index (χ4n) is 2.68. The lowest BCUT2D eigenvalue weighted by Crippen LogP contribution is -2.36. The van der Waals surface area contributed by atoms with Gasteiger partial charge in [0.05, 0.1) is 38.1 Å². The monoisotopic (exact) mass is 392 g/mol. The topological polar surface area (TPSA) is 76.0 Å². The first-order chi connectivity index (χ1) is 13.2. The predicted octanol–water partition coefficient (Wildman–Crippen LogP) is 2.67. The van der Waals surface area contributed by atoms with E-state index in [1.54, 1.807) is 24.6 Å². The van der Waals surface area contributed by atoms with Gasteiger partial charge in [0.1, 0.15) is 5.82 Å². The minimum Gasteiger partial charge on any atom is -0.466 e. The number of ether oxygens (including phenoxy) is 2. The number of aromatic nitrogens is 1. The van der Waals surface area contributed by atoms with E-state index in [0.717, 1.165) is 18.8 Å². The molecule has 1 saturated heterocycles. The molecule has 1 fully saturated rings. The standard InChI is InChI=1S/C18H21FN4O3S/c1-2-26-17(24)10-15-12-27-18(21-15)22-20-11-13-9-14(19)3-4-16(13)23-5-7-25-8-6-23/h3-4,9,11-12H,2,5-8,10H2,1H3,(H,21,22). The van der Waals surface area contributed by atoms with Crippen LogP contribution in [0.15, 0.2) is 28.7 Å². The summed E-state index contributed by atoms with van der Waals surface area (Å²) < 4.78 is 23.9. The second-order valence-corrected chi connectivity index (χ2v) is 6.66. The average molecular weight is 392 g/mol. The summed E-state index contributed by atoms with van der Waals surface area (Å²) >= 11 is 1.34. The minimum absolute atomic E-state index is 0.126. The van der Waals surface area contributed by atoms with Crippen LogP contribution in [-0.4, -0.2) is 50.1 Å². The lowest BCUT2D eigenvalue weighted by atomic mass is 10.1. The number of thiazole rings is 1. The summed E-state index contributed by atoms with van der Waals surface area (Å²) in [5.41, 5.74) is 5.03. The molecule has 9 heteroatoms. The fourth-order valence-corrected chi connectivity index (χ4v) is 3.34. The van der Waals surface area contributed by atoms with Gasteiger partial charge in [-0.15, -0.1) is 11.3 Å². The van der Waals surface area contributed by atoms with E-state index in [4.69, 9.17) is 9.47 Å². The Morgan fingerprint density at radius 3 is 3.07 bits per heavy atom. The number of hydrogen-bond donors (Lipinski definition) is 1. The number of halogens is 1. The zero-order valence-corrected chi connectivity index (χ0v) is 15.8. The number of hydrogen-bond acceptors (Lipinski definition) is 8. The number of rotatable bonds is 7. The molecule has 1 aliphatic heterocycles.